The summed E-state index contributed by atoms with van der Waals surface area (Å²) >= 11 is 0. The van der Waals surface area contributed by atoms with Crippen LogP contribution in [0.4, 0.5) is 0 Å². The third-order valence-electron chi connectivity index (χ3n) is 4.97. The van der Waals surface area contributed by atoms with Gasteiger partial charge in [0.05, 0.1) is 19.8 Å². The van der Waals surface area contributed by atoms with Crippen molar-refractivity contribution in [3.8, 4) is 23.0 Å². The predicted octanol–water partition coefficient (Wildman–Crippen LogP) is 3.65. The Labute approximate surface area is 163 Å². The number of esters is 2. The number of phenols is 2. The van der Waals surface area contributed by atoms with E-state index in [4.69, 9.17) is 9.47 Å². The molecule has 0 saturated carbocycles. The Morgan fingerprint density at radius 3 is 1.93 bits per heavy atom. The minimum atomic E-state index is -0.712. The van der Waals surface area contributed by atoms with Crippen LogP contribution in [0.3, 0.4) is 0 Å². The number of hydrogen-bond donors (Lipinski definition) is 2. The Balaban J connectivity index is 2.56. The second-order valence-corrected chi connectivity index (χ2v) is 6.53. The van der Waals surface area contributed by atoms with E-state index in [1.807, 2.05) is 0 Å². The molecule has 7 heteroatoms. The topological polar surface area (TPSA) is 102 Å². The van der Waals surface area contributed by atoms with E-state index in [1.54, 1.807) is 34.6 Å². The second kappa shape index (κ2) is 7.80. The normalized spacial score (nSPS) is 10.5. The van der Waals surface area contributed by atoms with E-state index in [1.165, 1.54) is 20.3 Å². The third-order valence-corrected chi connectivity index (χ3v) is 4.97. The molecular weight excluding hydrogens is 364 g/mol. The average Bonchev–Trinajstić information content (AvgIpc) is 2.64. The zero-order valence-electron chi connectivity index (χ0n) is 17.0. The molecule has 0 aliphatic carbocycles. The van der Waals surface area contributed by atoms with Crippen LogP contribution in [0.2, 0.25) is 0 Å². The predicted molar refractivity (Wildman–Crippen MR) is 103 cm³/mol. The summed E-state index contributed by atoms with van der Waals surface area (Å²) < 4.78 is 15.5. The fourth-order valence-corrected chi connectivity index (χ4v) is 3.28. The molecule has 2 aromatic rings. The molecule has 0 atom stereocenters. The molecule has 0 bridgehead atoms. The van der Waals surface area contributed by atoms with Crippen molar-refractivity contribution < 1.29 is 34.0 Å². The van der Waals surface area contributed by atoms with E-state index in [9.17, 15) is 19.8 Å². The van der Waals surface area contributed by atoms with Crippen LogP contribution in [0.1, 0.15) is 48.5 Å². The van der Waals surface area contributed by atoms with Crippen LogP contribution in [-0.2, 0) is 4.74 Å². The Kier molecular flexibility index (Phi) is 5.87. The van der Waals surface area contributed by atoms with Crippen LogP contribution in [0.5, 0.6) is 23.0 Å². The molecule has 0 unspecified atom stereocenters. The number of phenolic OH excluding ortho intramolecular Hbond substituents is 2. The largest absolute Gasteiger partial charge is 0.507 e. The summed E-state index contributed by atoms with van der Waals surface area (Å²) in [7, 11) is 2.67. The van der Waals surface area contributed by atoms with Crippen molar-refractivity contribution in [2.75, 3.05) is 14.2 Å². The van der Waals surface area contributed by atoms with E-state index >= 15 is 0 Å². The van der Waals surface area contributed by atoms with Crippen LogP contribution in [0.15, 0.2) is 6.07 Å². The van der Waals surface area contributed by atoms with Gasteiger partial charge in [0.1, 0.15) is 28.6 Å². The van der Waals surface area contributed by atoms with Crippen LogP contribution in [0, 0.1) is 34.6 Å². The van der Waals surface area contributed by atoms with Crippen molar-refractivity contribution in [3.05, 3.63) is 45.0 Å². The first kappa shape index (κ1) is 21.1. The van der Waals surface area contributed by atoms with E-state index < -0.39 is 11.9 Å². The molecule has 2 aromatic carbocycles. The quantitative estimate of drug-likeness (QED) is 0.609. The molecule has 0 aliphatic heterocycles. The summed E-state index contributed by atoms with van der Waals surface area (Å²) in [6.07, 6.45) is 0. The molecule has 150 valence electrons. The van der Waals surface area contributed by atoms with Crippen LogP contribution in [0.25, 0.3) is 0 Å². The molecule has 0 saturated heterocycles. The van der Waals surface area contributed by atoms with E-state index in [0.717, 1.165) is 0 Å². The van der Waals surface area contributed by atoms with Gasteiger partial charge in [0.2, 0.25) is 0 Å². The summed E-state index contributed by atoms with van der Waals surface area (Å²) in [5.74, 6) is -1.30. The highest BCUT2D eigenvalue weighted by Crippen LogP contribution is 2.38. The maximum Gasteiger partial charge on any atom is 0.344 e. The molecule has 28 heavy (non-hydrogen) atoms. The zero-order chi connectivity index (χ0) is 21.3. The second-order valence-electron chi connectivity index (χ2n) is 6.53. The Bertz CT molecular complexity index is 974. The smallest absolute Gasteiger partial charge is 0.344 e. The Hall–Kier alpha value is -3.22. The van der Waals surface area contributed by atoms with Gasteiger partial charge in [-0.05, 0) is 45.7 Å². The van der Waals surface area contributed by atoms with Gasteiger partial charge in [-0.1, -0.05) is 0 Å². The summed E-state index contributed by atoms with van der Waals surface area (Å²) in [5, 5.41) is 20.5. The van der Waals surface area contributed by atoms with Crippen LogP contribution < -0.4 is 9.47 Å². The minimum absolute atomic E-state index is 0.0156. The lowest BCUT2D eigenvalue weighted by molar-refractivity contribution is 0.0596. The van der Waals surface area contributed by atoms with Gasteiger partial charge in [-0.15, -0.1) is 0 Å². The van der Waals surface area contributed by atoms with Gasteiger partial charge >= 0.3 is 11.9 Å². The van der Waals surface area contributed by atoms with Crippen molar-refractivity contribution in [2.45, 2.75) is 34.6 Å². The van der Waals surface area contributed by atoms with Crippen molar-refractivity contribution in [1.29, 1.82) is 0 Å². The Morgan fingerprint density at radius 1 is 0.786 bits per heavy atom. The molecule has 0 aliphatic rings. The Morgan fingerprint density at radius 2 is 1.39 bits per heavy atom. The van der Waals surface area contributed by atoms with Crippen molar-refractivity contribution in [1.82, 2.24) is 0 Å². The lowest BCUT2D eigenvalue weighted by atomic mass is 9.96. The first-order valence-electron chi connectivity index (χ1n) is 8.57. The van der Waals surface area contributed by atoms with Gasteiger partial charge < -0.3 is 24.4 Å². The van der Waals surface area contributed by atoms with Crippen molar-refractivity contribution in [2.24, 2.45) is 0 Å². The molecule has 0 heterocycles. The van der Waals surface area contributed by atoms with Gasteiger partial charge in [-0.3, -0.25) is 0 Å². The number of methoxy groups -OCH3 is 2. The summed E-state index contributed by atoms with van der Waals surface area (Å²) in [5.41, 5.74) is 2.56. The lowest BCUT2D eigenvalue weighted by Crippen LogP contribution is -2.15. The summed E-state index contributed by atoms with van der Waals surface area (Å²) in [4.78, 5) is 24.7. The van der Waals surface area contributed by atoms with Crippen LogP contribution in [-0.4, -0.2) is 36.4 Å². The number of hydrogen-bond acceptors (Lipinski definition) is 7. The first-order chi connectivity index (χ1) is 13.1. The van der Waals surface area contributed by atoms with Gasteiger partial charge in [0, 0.05) is 22.8 Å². The van der Waals surface area contributed by atoms with E-state index in [2.05, 4.69) is 4.74 Å². The highest BCUT2D eigenvalue weighted by atomic mass is 16.5. The number of benzene rings is 2. The van der Waals surface area contributed by atoms with Gasteiger partial charge in [-0.2, -0.15) is 0 Å². The maximum atomic E-state index is 12.9. The van der Waals surface area contributed by atoms with E-state index in [0.29, 0.717) is 33.6 Å². The van der Waals surface area contributed by atoms with Crippen LogP contribution >= 0.6 is 0 Å². The molecule has 0 aromatic heterocycles. The maximum absolute atomic E-state index is 12.9. The average molecular weight is 388 g/mol. The van der Waals surface area contributed by atoms with Gasteiger partial charge in [0.25, 0.3) is 0 Å². The first-order valence-corrected chi connectivity index (χ1v) is 8.57. The number of rotatable bonds is 4. The molecule has 7 nitrogen and oxygen atoms in total. The fourth-order valence-electron chi connectivity index (χ4n) is 3.28. The number of ether oxygens (including phenoxy) is 3. The lowest BCUT2D eigenvalue weighted by Gasteiger charge is -2.18. The SMILES string of the molecule is COC(=O)c1c(O)cc(OC(=O)c2c(C)c(O)c(C)c(OC)c2C)c(C)c1C. The molecule has 0 amide bonds. The standard InChI is InChI=1S/C21H24O7/c1-9-10(2)17(20(24)27-7)14(22)8-15(9)28-21(25)16-11(3)18(23)13(5)19(26-6)12(16)4/h8,22-23H,1-7H3. The van der Waals surface area contributed by atoms with Gasteiger partial charge in [0.15, 0.2) is 0 Å². The minimum Gasteiger partial charge on any atom is -0.507 e. The monoisotopic (exact) mass is 388 g/mol. The molecular formula is C21H24O7. The number of aromatic hydroxyl groups is 2. The highest BCUT2D eigenvalue weighted by molar-refractivity contribution is 5.97. The van der Waals surface area contributed by atoms with Crippen molar-refractivity contribution in [3.63, 3.8) is 0 Å². The zero-order valence-corrected chi connectivity index (χ0v) is 17.0. The molecule has 2 N–H and O–H groups in total. The van der Waals surface area contributed by atoms with Gasteiger partial charge in [-0.25, -0.2) is 9.59 Å². The summed E-state index contributed by atoms with van der Waals surface area (Å²) in [6, 6.07) is 1.20. The molecule has 0 spiro atoms. The van der Waals surface area contributed by atoms with E-state index in [-0.39, 0.29) is 28.4 Å². The summed E-state index contributed by atoms with van der Waals surface area (Å²) in [6.45, 7) is 8.29. The van der Waals surface area contributed by atoms with Crippen molar-refractivity contribution >= 4 is 11.9 Å². The number of carbonyl (C=O) groups excluding carboxylic acids is 2. The molecule has 2 rings (SSSR count). The fraction of sp³-hybridized carbons (Fsp3) is 0.333. The molecule has 0 radical (unpaired) electrons. The molecule has 0 fully saturated rings. The third kappa shape index (κ3) is 3.35. The highest BCUT2D eigenvalue weighted by Gasteiger charge is 2.26. The number of carbonyl (C=O) groups is 2.